The van der Waals surface area contributed by atoms with Crippen LogP contribution in [0, 0.1) is 5.82 Å². The third-order valence-electron chi connectivity index (χ3n) is 2.92. The van der Waals surface area contributed by atoms with Crippen LogP contribution in [0.5, 0.6) is 0 Å². The van der Waals surface area contributed by atoms with Gasteiger partial charge in [-0.1, -0.05) is 0 Å². The summed E-state index contributed by atoms with van der Waals surface area (Å²) in [4.78, 5) is 2.32. The Bertz CT molecular complexity index is 323. The third kappa shape index (κ3) is 2.29. The van der Waals surface area contributed by atoms with E-state index in [1.807, 2.05) is 12.1 Å². The number of nitrogens with one attached hydrogen (secondary N) is 1. The fourth-order valence-electron chi connectivity index (χ4n) is 2.01. The van der Waals surface area contributed by atoms with Crippen molar-refractivity contribution < 1.29 is 4.39 Å². The molecule has 2 rings (SSSR count). The predicted molar refractivity (Wildman–Crippen MR) is 60.7 cm³/mol. The van der Waals surface area contributed by atoms with Gasteiger partial charge in [0.1, 0.15) is 5.82 Å². The van der Waals surface area contributed by atoms with Gasteiger partial charge in [0.15, 0.2) is 0 Å². The first-order valence-electron chi connectivity index (χ1n) is 5.42. The van der Waals surface area contributed by atoms with Crippen molar-refractivity contribution in [2.24, 2.45) is 0 Å². The zero-order chi connectivity index (χ0) is 10.8. The van der Waals surface area contributed by atoms with E-state index in [0.29, 0.717) is 12.1 Å². The quantitative estimate of drug-likeness (QED) is 0.759. The highest BCUT2D eigenvalue weighted by Crippen LogP contribution is 2.19. The summed E-state index contributed by atoms with van der Waals surface area (Å²) in [6.07, 6.45) is 0. The van der Waals surface area contributed by atoms with Gasteiger partial charge in [0, 0.05) is 30.9 Å². The molecule has 3 heteroatoms. The summed E-state index contributed by atoms with van der Waals surface area (Å²) in [5.74, 6) is -0.172. The van der Waals surface area contributed by atoms with E-state index in [9.17, 15) is 4.39 Å². The predicted octanol–water partition coefficient (Wildman–Crippen LogP) is 2.01. The van der Waals surface area contributed by atoms with Crippen LogP contribution in [0.2, 0.25) is 0 Å². The minimum absolute atomic E-state index is 0.172. The standard InChI is InChI=1S/C12H17FN2/c1-9-8-15(10(2)7-14-9)12-5-3-11(13)4-6-12/h3-6,9-10,14H,7-8H2,1-2H3. The highest BCUT2D eigenvalue weighted by atomic mass is 19.1. The van der Waals surface area contributed by atoms with E-state index in [0.717, 1.165) is 18.8 Å². The SMILES string of the molecule is CC1CN(c2ccc(F)cc2)C(C)CN1. The van der Waals surface area contributed by atoms with E-state index in [1.165, 1.54) is 12.1 Å². The molecule has 15 heavy (non-hydrogen) atoms. The Balaban J connectivity index is 2.17. The minimum atomic E-state index is -0.172. The number of benzene rings is 1. The van der Waals surface area contributed by atoms with Gasteiger partial charge in [-0.3, -0.25) is 0 Å². The Labute approximate surface area is 90.1 Å². The van der Waals surface area contributed by atoms with E-state index < -0.39 is 0 Å². The van der Waals surface area contributed by atoms with Gasteiger partial charge < -0.3 is 10.2 Å². The maximum Gasteiger partial charge on any atom is 0.123 e. The van der Waals surface area contributed by atoms with Crippen molar-refractivity contribution in [3.05, 3.63) is 30.1 Å². The topological polar surface area (TPSA) is 15.3 Å². The van der Waals surface area contributed by atoms with Crippen molar-refractivity contribution in [1.82, 2.24) is 5.32 Å². The second-order valence-corrected chi connectivity index (χ2v) is 4.29. The van der Waals surface area contributed by atoms with Gasteiger partial charge in [0.2, 0.25) is 0 Å². The van der Waals surface area contributed by atoms with Crippen LogP contribution in [-0.4, -0.2) is 25.2 Å². The first kappa shape index (κ1) is 10.4. The molecule has 82 valence electrons. The number of nitrogens with zero attached hydrogens (tertiary/aromatic N) is 1. The monoisotopic (exact) mass is 208 g/mol. The molecule has 0 radical (unpaired) electrons. The van der Waals surface area contributed by atoms with E-state index >= 15 is 0 Å². The molecule has 0 amide bonds. The number of hydrogen-bond acceptors (Lipinski definition) is 2. The molecule has 1 saturated heterocycles. The summed E-state index contributed by atoms with van der Waals surface area (Å²) in [6.45, 7) is 6.32. The van der Waals surface area contributed by atoms with E-state index in [2.05, 4.69) is 24.1 Å². The lowest BCUT2D eigenvalue weighted by molar-refractivity contribution is 0.425. The van der Waals surface area contributed by atoms with Gasteiger partial charge in [-0.25, -0.2) is 4.39 Å². The Morgan fingerprint density at radius 1 is 1.27 bits per heavy atom. The van der Waals surface area contributed by atoms with Crippen LogP contribution >= 0.6 is 0 Å². The Kier molecular flexibility index (Phi) is 2.91. The molecule has 1 N–H and O–H groups in total. The van der Waals surface area contributed by atoms with E-state index in [-0.39, 0.29) is 5.82 Å². The van der Waals surface area contributed by atoms with E-state index in [1.54, 1.807) is 0 Å². The molecule has 1 aromatic carbocycles. The number of anilines is 1. The molecule has 1 aromatic rings. The van der Waals surface area contributed by atoms with Crippen molar-refractivity contribution in [2.45, 2.75) is 25.9 Å². The average Bonchev–Trinajstić information content (AvgIpc) is 2.23. The van der Waals surface area contributed by atoms with Crippen LogP contribution in [-0.2, 0) is 0 Å². The lowest BCUT2D eigenvalue weighted by Gasteiger charge is -2.39. The molecule has 1 fully saturated rings. The highest BCUT2D eigenvalue weighted by molar-refractivity contribution is 5.48. The zero-order valence-corrected chi connectivity index (χ0v) is 9.20. The largest absolute Gasteiger partial charge is 0.366 e. The smallest absolute Gasteiger partial charge is 0.123 e. The van der Waals surface area contributed by atoms with Crippen molar-refractivity contribution in [1.29, 1.82) is 0 Å². The van der Waals surface area contributed by atoms with E-state index in [4.69, 9.17) is 0 Å². The van der Waals surface area contributed by atoms with Gasteiger partial charge in [-0.05, 0) is 38.1 Å². The molecule has 1 heterocycles. The first-order chi connectivity index (χ1) is 7.16. The van der Waals surface area contributed by atoms with Crippen LogP contribution < -0.4 is 10.2 Å². The van der Waals surface area contributed by atoms with Gasteiger partial charge in [0.25, 0.3) is 0 Å². The summed E-state index contributed by atoms with van der Waals surface area (Å²) >= 11 is 0. The van der Waals surface area contributed by atoms with Crippen LogP contribution in [0.4, 0.5) is 10.1 Å². The van der Waals surface area contributed by atoms with Crippen molar-refractivity contribution in [3.8, 4) is 0 Å². The molecular weight excluding hydrogens is 191 g/mol. The summed E-state index contributed by atoms with van der Waals surface area (Å²) < 4.78 is 12.8. The number of piperazine rings is 1. The molecule has 0 aliphatic carbocycles. The summed E-state index contributed by atoms with van der Waals surface area (Å²) in [5, 5.41) is 3.43. The summed E-state index contributed by atoms with van der Waals surface area (Å²) in [7, 11) is 0. The molecule has 0 spiro atoms. The number of halogens is 1. The number of rotatable bonds is 1. The molecule has 0 aromatic heterocycles. The van der Waals surface area contributed by atoms with Crippen LogP contribution in [0.3, 0.4) is 0 Å². The molecule has 2 unspecified atom stereocenters. The molecule has 1 aliphatic heterocycles. The Morgan fingerprint density at radius 3 is 2.60 bits per heavy atom. The molecule has 2 nitrogen and oxygen atoms in total. The molecule has 2 atom stereocenters. The fourth-order valence-corrected chi connectivity index (χ4v) is 2.01. The minimum Gasteiger partial charge on any atom is -0.366 e. The van der Waals surface area contributed by atoms with Crippen LogP contribution in [0.15, 0.2) is 24.3 Å². The Hall–Kier alpha value is -1.09. The van der Waals surface area contributed by atoms with Gasteiger partial charge in [-0.2, -0.15) is 0 Å². The average molecular weight is 208 g/mol. The van der Waals surface area contributed by atoms with Gasteiger partial charge in [0.05, 0.1) is 0 Å². The van der Waals surface area contributed by atoms with Crippen LogP contribution in [0.1, 0.15) is 13.8 Å². The summed E-state index contributed by atoms with van der Waals surface area (Å²) in [5.41, 5.74) is 1.11. The maximum atomic E-state index is 12.8. The Morgan fingerprint density at radius 2 is 1.93 bits per heavy atom. The van der Waals surface area contributed by atoms with Crippen LogP contribution in [0.25, 0.3) is 0 Å². The molecular formula is C12H17FN2. The lowest BCUT2D eigenvalue weighted by Crippen LogP contribution is -2.54. The van der Waals surface area contributed by atoms with Crippen molar-refractivity contribution >= 4 is 5.69 Å². The molecule has 0 bridgehead atoms. The second-order valence-electron chi connectivity index (χ2n) is 4.29. The van der Waals surface area contributed by atoms with Gasteiger partial charge in [-0.15, -0.1) is 0 Å². The lowest BCUT2D eigenvalue weighted by atomic mass is 10.1. The fraction of sp³-hybridized carbons (Fsp3) is 0.500. The molecule has 0 saturated carbocycles. The molecule has 1 aliphatic rings. The summed E-state index contributed by atoms with van der Waals surface area (Å²) in [6, 6.07) is 7.70. The van der Waals surface area contributed by atoms with Crippen molar-refractivity contribution in [2.75, 3.05) is 18.0 Å². The zero-order valence-electron chi connectivity index (χ0n) is 9.20. The third-order valence-corrected chi connectivity index (χ3v) is 2.92. The second kappa shape index (κ2) is 4.19. The first-order valence-corrected chi connectivity index (χ1v) is 5.42. The van der Waals surface area contributed by atoms with Crippen molar-refractivity contribution in [3.63, 3.8) is 0 Å². The van der Waals surface area contributed by atoms with Gasteiger partial charge >= 0.3 is 0 Å². The maximum absolute atomic E-state index is 12.8. The highest BCUT2D eigenvalue weighted by Gasteiger charge is 2.22. The normalized spacial score (nSPS) is 26.7. The number of hydrogen-bond donors (Lipinski definition) is 1.